The lowest BCUT2D eigenvalue weighted by atomic mass is 10.4. The molecule has 0 saturated heterocycles. The second-order valence-electron chi connectivity index (χ2n) is 4.35. The van der Waals surface area contributed by atoms with Gasteiger partial charge < -0.3 is 20.1 Å². The van der Waals surface area contributed by atoms with Gasteiger partial charge in [0.25, 0.3) is 0 Å². The van der Waals surface area contributed by atoms with Crippen LogP contribution in [0.4, 0.5) is 0 Å². The fraction of sp³-hybridized carbons (Fsp3) is 0.929. The number of hydrogen-bond acceptors (Lipinski definition) is 3. The van der Waals surface area contributed by atoms with Gasteiger partial charge in [-0.1, -0.05) is 13.3 Å². The number of methoxy groups -OCH3 is 1. The van der Waals surface area contributed by atoms with Crippen molar-refractivity contribution in [2.45, 2.75) is 39.5 Å². The van der Waals surface area contributed by atoms with Crippen LogP contribution in [0, 0.1) is 0 Å². The Bertz CT molecular complexity index is 217. The molecule has 0 aliphatic heterocycles. The van der Waals surface area contributed by atoms with Crippen molar-refractivity contribution >= 4 is 29.9 Å². The Morgan fingerprint density at radius 2 is 1.75 bits per heavy atom. The number of nitrogens with one attached hydrogen (secondary N) is 2. The molecule has 0 aliphatic rings. The topological polar surface area (TPSA) is 54.9 Å². The van der Waals surface area contributed by atoms with E-state index in [4.69, 9.17) is 9.47 Å². The van der Waals surface area contributed by atoms with Crippen LogP contribution in [-0.4, -0.2) is 52.5 Å². The molecule has 2 N–H and O–H groups in total. The van der Waals surface area contributed by atoms with Gasteiger partial charge in [-0.25, -0.2) is 0 Å². The fourth-order valence-electron chi connectivity index (χ4n) is 1.47. The van der Waals surface area contributed by atoms with E-state index in [1.165, 1.54) is 6.42 Å². The third kappa shape index (κ3) is 16.0. The highest BCUT2D eigenvalue weighted by molar-refractivity contribution is 14.0. The zero-order chi connectivity index (χ0) is 14.2. The maximum Gasteiger partial charge on any atom is 0.191 e. The second-order valence-corrected chi connectivity index (χ2v) is 4.35. The van der Waals surface area contributed by atoms with E-state index in [-0.39, 0.29) is 24.0 Å². The quantitative estimate of drug-likeness (QED) is 0.228. The van der Waals surface area contributed by atoms with Crippen LogP contribution in [0.3, 0.4) is 0 Å². The summed E-state index contributed by atoms with van der Waals surface area (Å²) in [5.41, 5.74) is 0. The largest absolute Gasteiger partial charge is 0.385 e. The lowest BCUT2D eigenvalue weighted by molar-refractivity contribution is 0.129. The Kier molecular flexibility index (Phi) is 21.0. The highest BCUT2D eigenvalue weighted by Crippen LogP contribution is 1.89. The first-order valence-electron chi connectivity index (χ1n) is 7.44. The molecule has 0 aromatic rings. The summed E-state index contributed by atoms with van der Waals surface area (Å²) in [6.45, 7) is 9.25. The predicted molar refractivity (Wildman–Crippen MR) is 96.2 cm³/mol. The number of ether oxygens (including phenoxy) is 2. The zero-order valence-electron chi connectivity index (χ0n) is 13.2. The van der Waals surface area contributed by atoms with E-state index >= 15 is 0 Å². The van der Waals surface area contributed by atoms with E-state index in [1.54, 1.807) is 7.11 Å². The van der Waals surface area contributed by atoms with Crippen LogP contribution in [0.15, 0.2) is 4.99 Å². The molecule has 0 saturated carbocycles. The second kappa shape index (κ2) is 18.9. The van der Waals surface area contributed by atoms with Gasteiger partial charge in [0, 0.05) is 46.6 Å². The van der Waals surface area contributed by atoms with Crippen LogP contribution < -0.4 is 10.6 Å². The van der Waals surface area contributed by atoms with Crippen LogP contribution >= 0.6 is 24.0 Å². The van der Waals surface area contributed by atoms with Gasteiger partial charge in [-0.15, -0.1) is 24.0 Å². The van der Waals surface area contributed by atoms with Crippen LogP contribution in [0.1, 0.15) is 39.5 Å². The van der Waals surface area contributed by atoms with E-state index in [2.05, 4.69) is 29.5 Å². The van der Waals surface area contributed by atoms with Crippen molar-refractivity contribution < 1.29 is 9.47 Å². The van der Waals surface area contributed by atoms with Gasteiger partial charge in [0.05, 0.1) is 0 Å². The Morgan fingerprint density at radius 3 is 2.40 bits per heavy atom. The molecule has 0 fully saturated rings. The van der Waals surface area contributed by atoms with Crippen molar-refractivity contribution in [3.63, 3.8) is 0 Å². The average molecular weight is 401 g/mol. The standard InChI is InChI=1S/C14H31N3O2.HI/c1-4-6-12-19-13-8-10-17-14(15-5-2)16-9-7-11-18-3;/h4-13H2,1-3H3,(H2,15,16,17);1H. The van der Waals surface area contributed by atoms with Gasteiger partial charge in [0.2, 0.25) is 0 Å². The summed E-state index contributed by atoms with van der Waals surface area (Å²) >= 11 is 0. The third-order valence-corrected chi connectivity index (χ3v) is 2.52. The van der Waals surface area contributed by atoms with Crippen molar-refractivity contribution in [3.8, 4) is 0 Å². The summed E-state index contributed by atoms with van der Waals surface area (Å²) in [5.74, 6) is 0.882. The molecule has 0 bridgehead atoms. The third-order valence-electron chi connectivity index (χ3n) is 2.52. The molecule has 0 rings (SSSR count). The molecule has 0 spiro atoms. The minimum Gasteiger partial charge on any atom is -0.385 e. The van der Waals surface area contributed by atoms with Gasteiger partial charge in [-0.2, -0.15) is 0 Å². The molecule has 20 heavy (non-hydrogen) atoms. The lowest BCUT2D eigenvalue weighted by Gasteiger charge is -2.11. The average Bonchev–Trinajstić information content (AvgIpc) is 2.42. The normalized spacial score (nSPS) is 11.1. The Hall–Kier alpha value is -0.0800. The van der Waals surface area contributed by atoms with Gasteiger partial charge >= 0.3 is 0 Å². The summed E-state index contributed by atoms with van der Waals surface area (Å²) in [6.07, 6.45) is 4.30. The number of aliphatic imine (C=N–C) groups is 1. The first-order valence-corrected chi connectivity index (χ1v) is 7.44. The SMILES string of the molecule is CCCCOCCCNC(=NCCCOC)NCC.I. The first kappa shape index (κ1) is 22.2. The van der Waals surface area contributed by atoms with E-state index in [0.717, 1.165) is 64.7 Å². The molecule has 6 heteroatoms. The molecule has 0 aliphatic carbocycles. The first-order chi connectivity index (χ1) is 9.35. The lowest BCUT2D eigenvalue weighted by Crippen LogP contribution is -2.38. The van der Waals surface area contributed by atoms with Crippen molar-refractivity contribution in [3.05, 3.63) is 0 Å². The number of nitrogens with zero attached hydrogens (tertiary/aromatic N) is 1. The molecule has 5 nitrogen and oxygen atoms in total. The number of rotatable bonds is 12. The summed E-state index contributed by atoms with van der Waals surface area (Å²) in [7, 11) is 1.71. The monoisotopic (exact) mass is 401 g/mol. The molecule has 0 radical (unpaired) electrons. The zero-order valence-corrected chi connectivity index (χ0v) is 15.6. The van der Waals surface area contributed by atoms with E-state index in [0.29, 0.717) is 0 Å². The molecule has 122 valence electrons. The molecule has 0 aromatic carbocycles. The maximum atomic E-state index is 5.51. The molecule has 0 amide bonds. The number of guanidine groups is 1. The van der Waals surface area contributed by atoms with Gasteiger partial charge in [-0.05, 0) is 26.2 Å². The van der Waals surface area contributed by atoms with Gasteiger partial charge in [0.15, 0.2) is 5.96 Å². The van der Waals surface area contributed by atoms with Gasteiger partial charge in [0.1, 0.15) is 0 Å². The minimum absolute atomic E-state index is 0. The van der Waals surface area contributed by atoms with Crippen LogP contribution in [0.2, 0.25) is 0 Å². The van der Waals surface area contributed by atoms with Crippen LogP contribution in [0.5, 0.6) is 0 Å². The van der Waals surface area contributed by atoms with Crippen molar-refractivity contribution in [2.24, 2.45) is 4.99 Å². The predicted octanol–water partition coefficient (Wildman–Crippen LogP) is 2.40. The Morgan fingerprint density at radius 1 is 1.00 bits per heavy atom. The Labute approximate surface area is 141 Å². The fourth-order valence-corrected chi connectivity index (χ4v) is 1.47. The Balaban J connectivity index is 0. The number of hydrogen-bond donors (Lipinski definition) is 2. The summed E-state index contributed by atoms with van der Waals surface area (Å²) in [4.78, 5) is 4.47. The maximum absolute atomic E-state index is 5.51. The molecule has 0 aromatic heterocycles. The molecular formula is C14H32IN3O2. The number of halogens is 1. The van der Waals surface area contributed by atoms with Crippen molar-refractivity contribution in [2.75, 3.05) is 46.6 Å². The number of unbranched alkanes of at least 4 members (excludes halogenated alkanes) is 1. The summed E-state index contributed by atoms with van der Waals surface area (Å²) in [6, 6.07) is 0. The van der Waals surface area contributed by atoms with Crippen LogP contribution in [-0.2, 0) is 9.47 Å². The highest BCUT2D eigenvalue weighted by Gasteiger charge is 1.96. The van der Waals surface area contributed by atoms with E-state index < -0.39 is 0 Å². The molecule has 0 heterocycles. The highest BCUT2D eigenvalue weighted by atomic mass is 127. The molecular weight excluding hydrogens is 369 g/mol. The summed E-state index contributed by atoms with van der Waals surface area (Å²) in [5, 5.41) is 6.53. The van der Waals surface area contributed by atoms with Crippen molar-refractivity contribution in [1.82, 2.24) is 10.6 Å². The minimum atomic E-state index is 0. The molecule has 0 atom stereocenters. The van der Waals surface area contributed by atoms with Crippen LogP contribution in [0.25, 0.3) is 0 Å². The van der Waals surface area contributed by atoms with Gasteiger partial charge in [-0.3, -0.25) is 4.99 Å². The van der Waals surface area contributed by atoms with Crippen molar-refractivity contribution in [1.29, 1.82) is 0 Å². The van der Waals surface area contributed by atoms with E-state index in [1.807, 2.05) is 0 Å². The molecule has 0 unspecified atom stereocenters. The summed E-state index contributed by atoms with van der Waals surface area (Å²) < 4.78 is 10.5. The smallest absolute Gasteiger partial charge is 0.191 e. The van der Waals surface area contributed by atoms with E-state index in [9.17, 15) is 0 Å².